The normalized spacial score (nSPS) is 10.3. The van der Waals surface area contributed by atoms with Crippen LogP contribution in [0.2, 0.25) is 0 Å². The van der Waals surface area contributed by atoms with Gasteiger partial charge in [0.2, 0.25) is 5.95 Å². The van der Waals surface area contributed by atoms with E-state index in [1.807, 2.05) is 0 Å². The van der Waals surface area contributed by atoms with Gasteiger partial charge in [-0.2, -0.15) is 5.10 Å². The Morgan fingerprint density at radius 1 is 1.33 bits per heavy atom. The average molecular weight is 269 g/mol. The molecule has 0 amide bonds. The van der Waals surface area contributed by atoms with Crippen molar-refractivity contribution in [3.63, 3.8) is 0 Å². The van der Waals surface area contributed by atoms with Crippen LogP contribution in [0.3, 0.4) is 0 Å². The van der Waals surface area contributed by atoms with Gasteiger partial charge in [0.15, 0.2) is 0 Å². The molecule has 0 radical (unpaired) electrons. The number of rotatable bonds is 1. The second kappa shape index (κ2) is 3.90. The summed E-state index contributed by atoms with van der Waals surface area (Å²) >= 11 is 3.25. The molecule has 2 aromatic rings. The van der Waals surface area contributed by atoms with Gasteiger partial charge in [-0.15, -0.1) is 5.10 Å². The Labute approximate surface area is 93.5 Å². The van der Waals surface area contributed by atoms with Gasteiger partial charge in [0.1, 0.15) is 5.82 Å². The molecule has 0 aliphatic rings. The van der Waals surface area contributed by atoms with Gasteiger partial charge in [-0.25, -0.2) is 9.37 Å². The quantitative estimate of drug-likeness (QED) is 0.860. The second-order valence-corrected chi connectivity index (χ2v) is 3.74. The van der Waals surface area contributed by atoms with Crippen molar-refractivity contribution in [2.24, 2.45) is 0 Å². The lowest BCUT2D eigenvalue weighted by Crippen LogP contribution is -1.99. The standard InChI is InChI=1S/C9H6BrFN4/c10-5-1-2-7(11)6(3-5)8-4-13-15-9(12)14-8/h1-4H,(H2,12,14,15). The Morgan fingerprint density at radius 2 is 2.13 bits per heavy atom. The molecule has 0 unspecified atom stereocenters. The fourth-order valence-electron chi connectivity index (χ4n) is 1.14. The third-order valence-electron chi connectivity index (χ3n) is 1.78. The van der Waals surface area contributed by atoms with Crippen LogP contribution in [-0.4, -0.2) is 15.2 Å². The highest BCUT2D eigenvalue weighted by Gasteiger charge is 2.08. The number of aromatic nitrogens is 3. The van der Waals surface area contributed by atoms with E-state index in [1.165, 1.54) is 12.3 Å². The largest absolute Gasteiger partial charge is 0.366 e. The smallest absolute Gasteiger partial charge is 0.240 e. The highest BCUT2D eigenvalue weighted by Crippen LogP contribution is 2.24. The van der Waals surface area contributed by atoms with Gasteiger partial charge in [0, 0.05) is 10.0 Å². The SMILES string of the molecule is Nc1nncc(-c2cc(Br)ccc2F)n1. The molecular weight excluding hydrogens is 263 g/mol. The van der Waals surface area contributed by atoms with Crippen LogP contribution in [0.15, 0.2) is 28.9 Å². The molecule has 0 saturated heterocycles. The van der Waals surface area contributed by atoms with E-state index in [9.17, 15) is 4.39 Å². The molecule has 0 spiro atoms. The predicted octanol–water partition coefficient (Wildman–Crippen LogP) is 2.02. The molecule has 1 heterocycles. The first-order valence-corrected chi connectivity index (χ1v) is 4.87. The van der Waals surface area contributed by atoms with Crippen molar-refractivity contribution in [3.8, 4) is 11.3 Å². The van der Waals surface area contributed by atoms with Crippen LogP contribution in [0.5, 0.6) is 0 Å². The maximum Gasteiger partial charge on any atom is 0.240 e. The first kappa shape index (κ1) is 9.97. The zero-order chi connectivity index (χ0) is 10.8. The van der Waals surface area contributed by atoms with Gasteiger partial charge in [0.05, 0.1) is 11.9 Å². The van der Waals surface area contributed by atoms with E-state index in [2.05, 4.69) is 31.1 Å². The summed E-state index contributed by atoms with van der Waals surface area (Å²) < 4.78 is 14.2. The molecule has 0 saturated carbocycles. The molecule has 76 valence electrons. The van der Waals surface area contributed by atoms with Crippen molar-refractivity contribution in [1.29, 1.82) is 0 Å². The van der Waals surface area contributed by atoms with Crippen LogP contribution < -0.4 is 5.73 Å². The molecule has 0 aliphatic carbocycles. The number of anilines is 1. The van der Waals surface area contributed by atoms with Crippen LogP contribution in [0, 0.1) is 5.82 Å². The Morgan fingerprint density at radius 3 is 2.87 bits per heavy atom. The maximum atomic E-state index is 13.4. The summed E-state index contributed by atoms with van der Waals surface area (Å²) in [6.07, 6.45) is 1.36. The summed E-state index contributed by atoms with van der Waals surface area (Å²) in [7, 11) is 0. The molecule has 0 atom stereocenters. The number of benzene rings is 1. The molecular formula is C9H6BrFN4. The number of hydrogen-bond donors (Lipinski definition) is 1. The minimum absolute atomic E-state index is 0.0203. The van der Waals surface area contributed by atoms with Gasteiger partial charge >= 0.3 is 0 Å². The number of nitrogens with zero attached hydrogens (tertiary/aromatic N) is 3. The third kappa shape index (κ3) is 2.10. The molecule has 0 bridgehead atoms. The van der Waals surface area contributed by atoms with Gasteiger partial charge in [-0.1, -0.05) is 15.9 Å². The van der Waals surface area contributed by atoms with Crippen molar-refractivity contribution >= 4 is 21.9 Å². The average Bonchev–Trinajstić information content (AvgIpc) is 2.22. The Bertz CT molecular complexity index is 503. The number of nitrogen functional groups attached to an aromatic ring is 1. The molecule has 15 heavy (non-hydrogen) atoms. The molecule has 1 aromatic heterocycles. The van der Waals surface area contributed by atoms with Crippen LogP contribution in [0.25, 0.3) is 11.3 Å². The summed E-state index contributed by atoms with van der Waals surface area (Å²) in [5.74, 6) is -0.357. The van der Waals surface area contributed by atoms with Gasteiger partial charge in [-0.3, -0.25) is 0 Å². The summed E-state index contributed by atoms with van der Waals surface area (Å²) in [6, 6.07) is 4.56. The lowest BCUT2D eigenvalue weighted by atomic mass is 10.1. The topological polar surface area (TPSA) is 64.7 Å². The zero-order valence-corrected chi connectivity index (χ0v) is 9.07. The highest BCUT2D eigenvalue weighted by molar-refractivity contribution is 9.10. The molecule has 4 nitrogen and oxygen atoms in total. The Kier molecular flexibility index (Phi) is 2.59. The molecule has 6 heteroatoms. The van der Waals surface area contributed by atoms with Crippen molar-refractivity contribution in [3.05, 3.63) is 34.7 Å². The van der Waals surface area contributed by atoms with Crippen LogP contribution in [0.1, 0.15) is 0 Å². The predicted molar refractivity (Wildman–Crippen MR) is 57.3 cm³/mol. The number of halogens is 2. The summed E-state index contributed by atoms with van der Waals surface area (Å²) in [5, 5.41) is 7.11. The second-order valence-electron chi connectivity index (χ2n) is 2.82. The van der Waals surface area contributed by atoms with E-state index in [1.54, 1.807) is 12.1 Å². The van der Waals surface area contributed by atoms with E-state index in [-0.39, 0.29) is 11.8 Å². The Balaban J connectivity index is 2.58. The van der Waals surface area contributed by atoms with E-state index in [4.69, 9.17) is 5.73 Å². The molecule has 2 N–H and O–H groups in total. The molecule has 1 aromatic carbocycles. The zero-order valence-electron chi connectivity index (χ0n) is 7.48. The first-order valence-electron chi connectivity index (χ1n) is 4.07. The van der Waals surface area contributed by atoms with Crippen LogP contribution >= 0.6 is 15.9 Å². The van der Waals surface area contributed by atoms with Crippen molar-refractivity contribution in [2.45, 2.75) is 0 Å². The monoisotopic (exact) mass is 268 g/mol. The van der Waals surface area contributed by atoms with E-state index >= 15 is 0 Å². The lowest BCUT2D eigenvalue weighted by Gasteiger charge is -2.02. The van der Waals surface area contributed by atoms with Crippen molar-refractivity contribution < 1.29 is 4.39 Å². The van der Waals surface area contributed by atoms with Gasteiger partial charge in [-0.05, 0) is 18.2 Å². The van der Waals surface area contributed by atoms with E-state index < -0.39 is 0 Å². The van der Waals surface area contributed by atoms with E-state index in [0.29, 0.717) is 11.3 Å². The lowest BCUT2D eigenvalue weighted by molar-refractivity contribution is 0.630. The molecule has 0 aliphatic heterocycles. The van der Waals surface area contributed by atoms with Crippen LogP contribution in [-0.2, 0) is 0 Å². The van der Waals surface area contributed by atoms with E-state index in [0.717, 1.165) is 4.47 Å². The molecule has 2 rings (SSSR count). The van der Waals surface area contributed by atoms with Crippen molar-refractivity contribution in [1.82, 2.24) is 15.2 Å². The number of nitrogens with two attached hydrogens (primary N) is 1. The summed E-state index contributed by atoms with van der Waals surface area (Å²) in [5.41, 5.74) is 6.07. The van der Waals surface area contributed by atoms with Crippen molar-refractivity contribution in [2.75, 3.05) is 5.73 Å². The fraction of sp³-hybridized carbons (Fsp3) is 0. The third-order valence-corrected chi connectivity index (χ3v) is 2.27. The van der Waals surface area contributed by atoms with Crippen LogP contribution in [0.4, 0.5) is 10.3 Å². The fourth-order valence-corrected chi connectivity index (χ4v) is 1.50. The highest BCUT2D eigenvalue weighted by atomic mass is 79.9. The molecule has 0 fully saturated rings. The maximum absolute atomic E-state index is 13.4. The van der Waals surface area contributed by atoms with Gasteiger partial charge in [0.25, 0.3) is 0 Å². The number of hydrogen-bond acceptors (Lipinski definition) is 4. The Hall–Kier alpha value is -1.56. The van der Waals surface area contributed by atoms with Gasteiger partial charge < -0.3 is 5.73 Å². The summed E-state index contributed by atoms with van der Waals surface area (Å²) in [6.45, 7) is 0. The minimum Gasteiger partial charge on any atom is -0.366 e. The summed E-state index contributed by atoms with van der Waals surface area (Å²) in [4.78, 5) is 3.89. The minimum atomic E-state index is -0.377. The first-order chi connectivity index (χ1) is 7.16.